The predicted octanol–water partition coefficient (Wildman–Crippen LogP) is 4.41. The predicted molar refractivity (Wildman–Crippen MR) is 112 cm³/mol. The molecule has 1 N–H and O–H groups in total. The summed E-state index contributed by atoms with van der Waals surface area (Å²) in [6.07, 6.45) is 2.78. The number of carbonyl (C=O) groups excluding carboxylic acids is 1. The van der Waals surface area contributed by atoms with Crippen molar-refractivity contribution in [3.63, 3.8) is 0 Å². The topological polar surface area (TPSA) is 54.5 Å². The first kappa shape index (κ1) is 20.1. The maximum absolute atomic E-state index is 13.0. The number of rotatable bonds is 7. The number of hydrogen-bond acceptors (Lipinski definition) is 4. The molecular weight excluding hydrogens is 388 g/mol. The fraction of sp³-hybridized carbons (Fsp3) is 0.304. The molecule has 0 bridgehead atoms. The molecular formula is C23H23F2N3O2. The standard InChI is InChI=1S/C23H23F2N3O2/c24-23(25)30-18-9-7-16(8-10-18)11-12-26-22(29)19-15-17-5-1-2-6-20(17)27-21(19)28-13-3-4-14-28/h1-2,5-10,15,23H,3-4,11-14H2,(H,26,29). The average Bonchev–Trinajstić information content (AvgIpc) is 3.28. The lowest BCUT2D eigenvalue weighted by Gasteiger charge is -2.20. The van der Waals surface area contributed by atoms with Crippen LogP contribution in [0.1, 0.15) is 28.8 Å². The van der Waals surface area contributed by atoms with Gasteiger partial charge >= 0.3 is 6.61 Å². The molecule has 1 aliphatic rings. The van der Waals surface area contributed by atoms with E-state index in [0.29, 0.717) is 18.5 Å². The minimum Gasteiger partial charge on any atom is -0.435 e. The maximum Gasteiger partial charge on any atom is 0.387 e. The Labute approximate surface area is 173 Å². The van der Waals surface area contributed by atoms with Crippen LogP contribution in [0.2, 0.25) is 0 Å². The molecule has 0 radical (unpaired) electrons. The van der Waals surface area contributed by atoms with Crippen molar-refractivity contribution in [3.8, 4) is 5.75 Å². The molecule has 156 valence electrons. The first-order chi connectivity index (χ1) is 14.6. The van der Waals surface area contributed by atoms with Crippen LogP contribution < -0.4 is 15.0 Å². The van der Waals surface area contributed by atoms with Gasteiger partial charge in [0.1, 0.15) is 11.6 Å². The normalized spacial score (nSPS) is 13.8. The number of carbonyl (C=O) groups is 1. The van der Waals surface area contributed by atoms with Crippen LogP contribution in [-0.2, 0) is 6.42 Å². The second kappa shape index (κ2) is 9.07. The molecule has 1 saturated heterocycles. The number of hydrogen-bond donors (Lipinski definition) is 1. The Hall–Kier alpha value is -3.22. The van der Waals surface area contributed by atoms with Gasteiger partial charge in [0.05, 0.1) is 11.1 Å². The van der Waals surface area contributed by atoms with E-state index >= 15 is 0 Å². The van der Waals surface area contributed by atoms with E-state index in [9.17, 15) is 13.6 Å². The number of pyridine rings is 1. The maximum atomic E-state index is 13.0. The highest BCUT2D eigenvalue weighted by Gasteiger charge is 2.21. The summed E-state index contributed by atoms with van der Waals surface area (Å²) in [7, 11) is 0. The van der Waals surface area contributed by atoms with Crippen molar-refractivity contribution in [1.82, 2.24) is 10.3 Å². The number of para-hydroxylation sites is 1. The van der Waals surface area contributed by atoms with Gasteiger partial charge < -0.3 is 15.0 Å². The molecule has 0 spiro atoms. The first-order valence-electron chi connectivity index (χ1n) is 10.1. The van der Waals surface area contributed by atoms with Gasteiger partial charge in [0.15, 0.2) is 0 Å². The number of alkyl halides is 2. The van der Waals surface area contributed by atoms with E-state index in [-0.39, 0.29) is 11.7 Å². The summed E-state index contributed by atoms with van der Waals surface area (Å²) >= 11 is 0. The Morgan fingerprint density at radius 2 is 1.83 bits per heavy atom. The van der Waals surface area contributed by atoms with Gasteiger partial charge in [0.2, 0.25) is 0 Å². The number of halogens is 2. The Bertz CT molecular complexity index is 1020. The largest absolute Gasteiger partial charge is 0.435 e. The zero-order chi connectivity index (χ0) is 20.9. The lowest BCUT2D eigenvalue weighted by molar-refractivity contribution is -0.0498. The molecule has 5 nitrogen and oxygen atoms in total. The smallest absolute Gasteiger partial charge is 0.387 e. The Morgan fingerprint density at radius 3 is 2.57 bits per heavy atom. The van der Waals surface area contributed by atoms with Crippen molar-refractivity contribution in [2.24, 2.45) is 0 Å². The molecule has 1 fully saturated rings. The van der Waals surface area contributed by atoms with Crippen molar-refractivity contribution in [2.75, 3.05) is 24.5 Å². The summed E-state index contributed by atoms with van der Waals surface area (Å²) in [4.78, 5) is 19.9. The van der Waals surface area contributed by atoms with Gasteiger partial charge in [-0.3, -0.25) is 4.79 Å². The van der Waals surface area contributed by atoms with Crippen LogP contribution in [0.4, 0.5) is 14.6 Å². The second-order valence-electron chi connectivity index (χ2n) is 7.27. The average molecular weight is 411 g/mol. The highest BCUT2D eigenvalue weighted by Crippen LogP contribution is 2.26. The van der Waals surface area contributed by atoms with Crippen LogP contribution in [0.15, 0.2) is 54.6 Å². The molecule has 0 saturated carbocycles. The van der Waals surface area contributed by atoms with E-state index in [2.05, 4.69) is 15.0 Å². The van der Waals surface area contributed by atoms with Crippen molar-refractivity contribution >= 4 is 22.6 Å². The van der Waals surface area contributed by atoms with Crippen LogP contribution in [0, 0.1) is 0 Å². The van der Waals surface area contributed by atoms with E-state index in [1.807, 2.05) is 30.3 Å². The van der Waals surface area contributed by atoms with E-state index in [1.165, 1.54) is 12.1 Å². The number of nitrogens with one attached hydrogen (secondary N) is 1. The summed E-state index contributed by atoms with van der Waals surface area (Å²) < 4.78 is 28.8. The molecule has 3 aromatic rings. The fourth-order valence-electron chi connectivity index (χ4n) is 3.70. The number of aromatic nitrogens is 1. The number of anilines is 1. The summed E-state index contributed by atoms with van der Waals surface area (Å²) in [5.74, 6) is 0.695. The van der Waals surface area contributed by atoms with Crippen molar-refractivity contribution in [1.29, 1.82) is 0 Å². The molecule has 1 aromatic heterocycles. The SMILES string of the molecule is O=C(NCCc1ccc(OC(F)F)cc1)c1cc2ccccc2nc1N1CCCC1. The summed E-state index contributed by atoms with van der Waals surface area (Å²) in [6.45, 7) is -0.604. The minimum absolute atomic E-state index is 0.121. The molecule has 0 unspecified atom stereocenters. The quantitative estimate of drug-likeness (QED) is 0.626. The molecule has 2 aromatic carbocycles. The molecule has 7 heteroatoms. The van der Waals surface area contributed by atoms with Crippen LogP contribution in [0.5, 0.6) is 5.75 Å². The number of benzene rings is 2. The zero-order valence-corrected chi connectivity index (χ0v) is 16.5. The summed E-state index contributed by atoms with van der Waals surface area (Å²) in [6, 6.07) is 16.1. The number of fused-ring (bicyclic) bond motifs is 1. The fourth-order valence-corrected chi connectivity index (χ4v) is 3.70. The Balaban J connectivity index is 1.45. The summed E-state index contributed by atoms with van der Waals surface area (Å²) in [5.41, 5.74) is 2.38. The van der Waals surface area contributed by atoms with Crippen molar-refractivity contribution < 1.29 is 18.3 Å². The van der Waals surface area contributed by atoms with E-state index in [0.717, 1.165) is 48.2 Å². The van der Waals surface area contributed by atoms with Crippen LogP contribution in [0.3, 0.4) is 0 Å². The van der Waals surface area contributed by atoms with Crippen LogP contribution >= 0.6 is 0 Å². The van der Waals surface area contributed by atoms with Crippen molar-refractivity contribution in [2.45, 2.75) is 25.9 Å². The molecule has 0 aliphatic carbocycles. The molecule has 1 aliphatic heterocycles. The Kier molecular flexibility index (Phi) is 6.07. The van der Waals surface area contributed by atoms with Gasteiger partial charge in [-0.25, -0.2) is 4.98 Å². The van der Waals surface area contributed by atoms with Crippen LogP contribution in [-0.4, -0.2) is 37.1 Å². The minimum atomic E-state index is -2.84. The van der Waals surface area contributed by atoms with Gasteiger partial charge in [-0.15, -0.1) is 0 Å². The third-order valence-electron chi connectivity index (χ3n) is 5.20. The lowest BCUT2D eigenvalue weighted by Crippen LogP contribution is -2.29. The van der Waals surface area contributed by atoms with E-state index in [4.69, 9.17) is 4.98 Å². The Morgan fingerprint density at radius 1 is 1.10 bits per heavy atom. The van der Waals surface area contributed by atoms with E-state index in [1.54, 1.807) is 12.1 Å². The molecule has 2 heterocycles. The van der Waals surface area contributed by atoms with Crippen LogP contribution in [0.25, 0.3) is 10.9 Å². The van der Waals surface area contributed by atoms with E-state index < -0.39 is 6.61 Å². The van der Waals surface area contributed by atoms with Gasteiger partial charge in [-0.2, -0.15) is 8.78 Å². The van der Waals surface area contributed by atoms with Crippen molar-refractivity contribution in [3.05, 3.63) is 65.7 Å². The monoisotopic (exact) mass is 411 g/mol. The number of nitrogens with zero attached hydrogens (tertiary/aromatic N) is 2. The molecule has 1 amide bonds. The third-order valence-corrected chi connectivity index (χ3v) is 5.20. The van der Waals surface area contributed by atoms with Gasteiger partial charge in [0, 0.05) is 25.0 Å². The highest BCUT2D eigenvalue weighted by molar-refractivity contribution is 6.02. The highest BCUT2D eigenvalue weighted by atomic mass is 19.3. The second-order valence-corrected chi connectivity index (χ2v) is 7.27. The third kappa shape index (κ3) is 4.67. The molecule has 0 atom stereocenters. The zero-order valence-electron chi connectivity index (χ0n) is 16.5. The summed E-state index contributed by atoms with van der Waals surface area (Å²) in [5, 5.41) is 3.90. The number of amides is 1. The van der Waals surface area contributed by atoms with Gasteiger partial charge in [-0.05, 0) is 49.1 Å². The number of ether oxygens (including phenoxy) is 1. The molecule has 30 heavy (non-hydrogen) atoms. The lowest BCUT2D eigenvalue weighted by atomic mass is 10.1. The molecule has 4 rings (SSSR count). The van der Waals surface area contributed by atoms with Gasteiger partial charge in [-0.1, -0.05) is 30.3 Å². The first-order valence-corrected chi connectivity index (χ1v) is 10.1. The van der Waals surface area contributed by atoms with Gasteiger partial charge in [0.25, 0.3) is 5.91 Å².